The van der Waals surface area contributed by atoms with Crippen LogP contribution in [0.1, 0.15) is 16.1 Å². The Labute approximate surface area is 121 Å². The van der Waals surface area contributed by atoms with Gasteiger partial charge in [0.15, 0.2) is 0 Å². The Bertz CT molecular complexity index is 666. The van der Waals surface area contributed by atoms with Crippen molar-refractivity contribution in [2.75, 3.05) is 12.4 Å². The highest BCUT2D eigenvalue weighted by Crippen LogP contribution is 2.28. The minimum Gasteiger partial charge on any atom is -0.495 e. The van der Waals surface area contributed by atoms with Gasteiger partial charge in [0.05, 0.1) is 19.1 Å². The lowest BCUT2D eigenvalue weighted by molar-refractivity contribution is 0.102. The summed E-state index contributed by atoms with van der Waals surface area (Å²) in [5.41, 5.74) is 6.95. The van der Waals surface area contributed by atoms with Crippen LogP contribution in [0.5, 0.6) is 5.75 Å². The maximum absolute atomic E-state index is 12.1. The molecule has 1 aromatic carbocycles. The van der Waals surface area contributed by atoms with Crippen molar-refractivity contribution in [1.82, 2.24) is 9.55 Å². The molecule has 0 aliphatic carbocycles. The summed E-state index contributed by atoms with van der Waals surface area (Å²) in [6.07, 6.45) is 3.16. The Morgan fingerprint density at radius 3 is 2.80 bits per heavy atom. The van der Waals surface area contributed by atoms with E-state index in [1.807, 2.05) is 0 Å². The second-order valence-corrected chi connectivity index (χ2v) is 4.57. The zero-order valence-electron chi connectivity index (χ0n) is 11.1. The molecule has 0 unspecified atom stereocenters. The molecule has 0 saturated heterocycles. The fourth-order valence-corrected chi connectivity index (χ4v) is 1.91. The SMILES string of the molecule is COc1cccc(C(N)=S)c1NC(=O)c1cn(C)cn1. The molecule has 1 amide bonds. The molecule has 0 saturated carbocycles. The van der Waals surface area contributed by atoms with Gasteiger partial charge in [0.1, 0.15) is 16.4 Å². The number of thiocarbonyl (C=S) groups is 1. The van der Waals surface area contributed by atoms with Crippen molar-refractivity contribution in [2.24, 2.45) is 12.8 Å². The Morgan fingerprint density at radius 1 is 1.50 bits per heavy atom. The Balaban J connectivity index is 2.37. The van der Waals surface area contributed by atoms with Crippen molar-refractivity contribution in [3.63, 3.8) is 0 Å². The summed E-state index contributed by atoms with van der Waals surface area (Å²) in [7, 11) is 3.29. The molecule has 7 heteroatoms. The molecule has 2 rings (SSSR count). The number of nitrogens with one attached hydrogen (secondary N) is 1. The lowest BCUT2D eigenvalue weighted by atomic mass is 10.1. The van der Waals surface area contributed by atoms with E-state index in [0.29, 0.717) is 22.7 Å². The molecule has 0 atom stereocenters. The van der Waals surface area contributed by atoms with Gasteiger partial charge < -0.3 is 20.4 Å². The van der Waals surface area contributed by atoms with E-state index in [2.05, 4.69) is 10.3 Å². The molecule has 0 fully saturated rings. The van der Waals surface area contributed by atoms with E-state index in [1.165, 1.54) is 7.11 Å². The van der Waals surface area contributed by atoms with Crippen LogP contribution in [-0.2, 0) is 7.05 Å². The number of carbonyl (C=O) groups excluding carboxylic acids is 1. The largest absolute Gasteiger partial charge is 0.495 e. The Hall–Kier alpha value is -2.41. The normalized spacial score (nSPS) is 10.1. The van der Waals surface area contributed by atoms with Gasteiger partial charge in [-0.25, -0.2) is 4.98 Å². The van der Waals surface area contributed by atoms with Crippen LogP contribution in [0.25, 0.3) is 0 Å². The number of amides is 1. The predicted octanol–water partition coefficient (Wildman–Crippen LogP) is 1.32. The van der Waals surface area contributed by atoms with E-state index in [0.717, 1.165) is 0 Å². The molecule has 0 aliphatic heterocycles. The van der Waals surface area contributed by atoms with Crippen molar-refractivity contribution in [3.8, 4) is 5.75 Å². The molecule has 3 N–H and O–H groups in total. The fraction of sp³-hybridized carbons (Fsp3) is 0.154. The number of aryl methyl sites for hydroxylation is 1. The monoisotopic (exact) mass is 290 g/mol. The lowest BCUT2D eigenvalue weighted by Gasteiger charge is -2.13. The van der Waals surface area contributed by atoms with E-state index in [1.54, 1.807) is 42.3 Å². The number of imidazole rings is 1. The van der Waals surface area contributed by atoms with Gasteiger partial charge in [0, 0.05) is 18.8 Å². The summed E-state index contributed by atoms with van der Waals surface area (Å²) in [6, 6.07) is 5.19. The standard InChI is InChI=1S/C13H14N4O2S/c1-17-6-9(15-7-17)13(18)16-11-8(12(14)20)4-3-5-10(11)19-2/h3-7H,1-2H3,(H2,14,20)(H,16,18). The van der Waals surface area contributed by atoms with E-state index < -0.39 is 0 Å². The highest BCUT2D eigenvalue weighted by Gasteiger charge is 2.16. The van der Waals surface area contributed by atoms with Crippen molar-refractivity contribution in [1.29, 1.82) is 0 Å². The second kappa shape index (κ2) is 5.70. The minimum absolute atomic E-state index is 0.181. The molecule has 2 aromatic rings. The van der Waals surface area contributed by atoms with Gasteiger partial charge in [-0.2, -0.15) is 0 Å². The van der Waals surface area contributed by atoms with Crippen molar-refractivity contribution in [2.45, 2.75) is 0 Å². The van der Waals surface area contributed by atoms with Crippen LogP contribution < -0.4 is 15.8 Å². The second-order valence-electron chi connectivity index (χ2n) is 4.13. The summed E-state index contributed by atoms with van der Waals surface area (Å²) in [6.45, 7) is 0. The molecule has 0 radical (unpaired) electrons. The molecule has 104 valence electrons. The van der Waals surface area contributed by atoms with Gasteiger partial charge in [0.25, 0.3) is 5.91 Å². The van der Waals surface area contributed by atoms with Crippen LogP contribution in [0.4, 0.5) is 5.69 Å². The number of rotatable bonds is 4. The number of benzene rings is 1. The number of para-hydroxylation sites is 1. The molecule has 0 aliphatic rings. The number of ether oxygens (including phenoxy) is 1. The quantitative estimate of drug-likeness (QED) is 0.830. The van der Waals surface area contributed by atoms with Gasteiger partial charge >= 0.3 is 0 Å². The zero-order valence-corrected chi connectivity index (χ0v) is 11.9. The molecular weight excluding hydrogens is 276 g/mol. The number of aromatic nitrogens is 2. The predicted molar refractivity (Wildman–Crippen MR) is 80.0 cm³/mol. The lowest BCUT2D eigenvalue weighted by Crippen LogP contribution is -2.18. The average molecular weight is 290 g/mol. The van der Waals surface area contributed by atoms with Crippen molar-refractivity contribution in [3.05, 3.63) is 42.0 Å². The van der Waals surface area contributed by atoms with Gasteiger partial charge in [0.2, 0.25) is 0 Å². The van der Waals surface area contributed by atoms with Crippen LogP contribution in [-0.4, -0.2) is 27.6 Å². The zero-order chi connectivity index (χ0) is 14.7. The number of nitrogens with zero attached hydrogens (tertiary/aromatic N) is 2. The maximum atomic E-state index is 12.1. The summed E-state index contributed by atoms with van der Waals surface area (Å²) in [4.78, 5) is 16.3. The molecule has 6 nitrogen and oxygen atoms in total. The summed E-state index contributed by atoms with van der Waals surface area (Å²) < 4.78 is 6.91. The third-order valence-electron chi connectivity index (χ3n) is 2.69. The average Bonchev–Trinajstić information content (AvgIpc) is 2.85. The van der Waals surface area contributed by atoms with Gasteiger partial charge in [-0.15, -0.1) is 0 Å². The maximum Gasteiger partial charge on any atom is 0.275 e. The van der Waals surface area contributed by atoms with Crippen LogP contribution in [0.2, 0.25) is 0 Å². The Kier molecular flexibility index (Phi) is 3.99. The topological polar surface area (TPSA) is 82.2 Å². The van der Waals surface area contributed by atoms with E-state index in [4.69, 9.17) is 22.7 Å². The van der Waals surface area contributed by atoms with Crippen LogP contribution in [0.3, 0.4) is 0 Å². The van der Waals surface area contributed by atoms with Crippen LogP contribution in [0.15, 0.2) is 30.7 Å². The number of hydrogen-bond donors (Lipinski definition) is 2. The van der Waals surface area contributed by atoms with E-state index >= 15 is 0 Å². The summed E-state index contributed by atoms with van der Waals surface area (Å²) in [5, 5.41) is 2.73. The number of hydrogen-bond acceptors (Lipinski definition) is 4. The summed E-state index contributed by atoms with van der Waals surface area (Å²) in [5.74, 6) is 0.132. The first kappa shape index (κ1) is 14.0. The van der Waals surface area contributed by atoms with Gasteiger partial charge in [-0.1, -0.05) is 18.3 Å². The minimum atomic E-state index is -0.354. The first-order valence-electron chi connectivity index (χ1n) is 5.79. The highest BCUT2D eigenvalue weighted by molar-refractivity contribution is 7.80. The van der Waals surface area contributed by atoms with Crippen LogP contribution >= 0.6 is 12.2 Å². The fourth-order valence-electron chi connectivity index (χ4n) is 1.74. The number of nitrogens with two attached hydrogens (primary N) is 1. The van der Waals surface area contributed by atoms with E-state index in [9.17, 15) is 4.79 Å². The molecule has 0 spiro atoms. The first-order chi connectivity index (χ1) is 9.52. The molecule has 20 heavy (non-hydrogen) atoms. The molecular formula is C13H14N4O2S. The van der Waals surface area contributed by atoms with Crippen LogP contribution in [0, 0.1) is 0 Å². The molecule has 1 aromatic heterocycles. The van der Waals surface area contributed by atoms with Gasteiger partial charge in [-0.05, 0) is 12.1 Å². The highest BCUT2D eigenvalue weighted by atomic mass is 32.1. The van der Waals surface area contributed by atoms with E-state index in [-0.39, 0.29) is 10.9 Å². The third-order valence-corrected chi connectivity index (χ3v) is 2.91. The third kappa shape index (κ3) is 2.77. The molecule has 0 bridgehead atoms. The number of anilines is 1. The Morgan fingerprint density at radius 2 is 2.25 bits per heavy atom. The van der Waals surface area contributed by atoms with Crippen molar-refractivity contribution < 1.29 is 9.53 Å². The molecule has 1 heterocycles. The first-order valence-corrected chi connectivity index (χ1v) is 6.20. The number of carbonyl (C=O) groups is 1. The number of methoxy groups -OCH3 is 1. The summed E-state index contributed by atoms with van der Waals surface area (Å²) >= 11 is 4.98. The van der Waals surface area contributed by atoms with Gasteiger partial charge in [-0.3, -0.25) is 4.79 Å². The smallest absolute Gasteiger partial charge is 0.275 e. The van der Waals surface area contributed by atoms with Crippen molar-refractivity contribution >= 4 is 28.8 Å².